The van der Waals surface area contributed by atoms with Crippen molar-refractivity contribution < 1.29 is 0 Å². The van der Waals surface area contributed by atoms with E-state index in [2.05, 4.69) is 9.97 Å². The minimum absolute atomic E-state index is 0.211. The standard InChI is InChI=1S/C16H14ClN3/c1-10(18)16-19-14-8-7-12(17)9-13(14)15(20-16)11-5-3-2-4-6-11/h2-10H,18H2,1H3. The van der Waals surface area contributed by atoms with Gasteiger partial charge in [-0.3, -0.25) is 0 Å². The second-order valence-electron chi connectivity index (χ2n) is 4.75. The lowest BCUT2D eigenvalue weighted by atomic mass is 10.1. The zero-order valence-corrected chi connectivity index (χ0v) is 11.8. The van der Waals surface area contributed by atoms with Crippen LogP contribution in [-0.4, -0.2) is 9.97 Å². The van der Waals surface area contributed by atoms with Crippen LogP contribution >= 0.6 is 11.6 Å². The molecule has 4 heteroatoms. The Kier molecular flexibility index (Phi) is 3.38. The van der Waals surface area contributed by atoms with Crippen molar-refractivity contribution in [2.75, 3.05) is 0 Å². The van der Waals surface area contributed by atoms with Crippen LogP contribution in [0.4, 0.5) is 0 Å². The molecule has 1 atom stereocenters. The van der Waals surface area contributed by atoms with Crippen molar-refractivity contribution in [1.82, 2.24) is 9.97 Å². The summed E-state index contributed by atoms with van der Waals surface area (Å²) < 4.78 is 0. The van der Waals surface area contributed by atoms with Gasteiger partial charge in [0, 0.05) is 16.0 Å². The van der Waals surface area contributed by atoms with Gasteiger partial charge < -0.3 is 5.73 Å². The molecule has 0 saturated carbocycles. The highest BCUT2D eigenvalue weighted by Crippen LogP contribution is 2.29. The van der Waals surface area contributed by atoms with Crippen molar-refractivity contribution in [3.8, 4) is 11.3 Å². The zero-order valence-electron chi connectivity index (χ0n) is 11.0. The number of fused-ring (bicyclic) bond motifs is 1. The zero-order chi connectivity index (χ0) is 14.1. The predicted molar refractivity (Wildman–Crippen MR) is 82.6 cm³/mol. The number of benzene rings is 2. The summed E-state index contributed by atoms with van der Waals surface area (Å²) in [5.74, 6) is 0.638. The van der Waals surface area contributed by atoms with Gasteiger partial charge >= 0.3 is 0 Å². The molecule has 0 amide bonds. The first kappa shape index (κ1) is 13.0. The maximum atomic E-state index is 6.10. The Hall–Kier alpha value is -1.97. The van der Waals surface area contributed by atoms with Gasteiger partial charge in [-0.2, -0.15) is 0 Å². The fraction of sp³-hybridized carbons (Fsp3) is 0.125. The number of nitrogens with zero attached hydrogens (tertiary/aromatic N) is 2. The Bertz CT molecular complexity index is 754. The third kappa shape index (κ3) is 2.38. The second kappa shape index (κ2) is 5.19. The van der Waals surface area contributed by atoms with Crippen LogP contribution < -0.4 is 5.73 Å². The SMILES string of the molecule is CC(N)c1nc(-c2ccccc2)c2cc(Cl)ccc2n1. The molecule has 1 unspecified atom stereocenters. The number of rotatable bonds is 2. The van der Waals surface area contributed by atoms with E-state index in [4.69, 9.17) is 17.3 Å². The van der Waals surface area contributed by atoms with Gasteiger partial charge in [0.1, 0.15) is 5.82 Å². The molecular formula is C16H14ClN3. The fourth-order valence-corrected chi connectivity index (χ4v) is 2.31. The molecule has 2 aromatic carbocycles. The van der Waals surface area contributed by atoms with Gasteiger partial charge in [0.05, 0.1) is 17.3 Å². The molecule has 3 nitrogen and oxygen atoms in total. The van der Waals surface area contributed by atoms with Crippen molar-refractivity contribution in [1.29, 1.82) is 0 Å². The van der Waals surface area contributed by atoms with Crippen LogP contribution in [0, 0.1) is 0 Å². The molecule has 1 aromatic heterocycles. The average Bonchev–Trinajstić information content (AvgIpc) is 2.47. The Morgan fingerprint density at radius 3 is 2.50 bits per heavy atom. The molecule has 3 rings (SSSR count). The van der Waals surface area contributed by atoms with Crippen molar-refractivity contribution >= 4 is 22.5 Å². The van der Waals surface area contributed by atoms with E-state index in [-0.39, 0.29) is 6.04 Å². The first-order chi connectivity index (χ1) is 9.65. The van der Waals surface area contributed by atoms with Crippen LogP contribution in [0.1, 0.15) is 18.8 Å². The maximum Gasteiger partial charge on any atom is 0.146 e. The average molecular weight is 284 g/mol. The molecule has 1 heterocycles. The van der Waals surface area contributed by atoms with Crippen LogP contribution in [0.25, 0.3) is 22.2 Å². The lowest BCUT2D eigenvalue weighted by Gasteiger charge is -2.11. The minimum atomic E-state index is -0.211. The van der Waals surface area contributed by atoms with Crippen molar-refractivity contribution in [3.63, 3.8) is 0 Å². The lowest BCUT2D eigenvalue weighted by molar-refractivity contribution is 0.748. The molecule has 0 aliphatic heterocycles. The first-order valence-electron chi connectivity index (χ1n) is 6.43. The Labute approximate surface area is 122 Å². The van der Waals surface area contributed by atoms with Crippen LogP contribution in [0.5, 0.6) is 0 Å². The van der Waals surface area contributed by atoms with Gasteiger partial charge in [0.2, 0.25) is 0 Å². The number of hydrogen-bond acceptors (Lipinski definition) is 3. The molecular weight excluding hydrogens is 270 g/mol. The summed E-state index contributed by atoms with van der Waals surface area (Å²) in [5.41, 5.74) is 8.69. The predicted octanol–water partition coefficient (Wildman–Crippen LogP) is 3.97. The summed E-state index contributed by atoms with van der Waals surface area (Å²) in [6, 6.07) is 15.4. The van der Waals surface area contributed by atoms with Gasteiger partial charge in [-0.25, -0.2) is 9.97 Å². The van der Waals surface area contributed by atoms with E-state index in [1.165, 1.54) is 0 Å². The molecule has 3 aromatic rings. The molecule has 100 valence electrons. The Morgan fingerprint density at radius 2 is 1.80 bits per heavy atom. The van der Waals surface area contributed by atoms with Gasteiger partial charge in [-0.1, -0.05) is 41.9 Å². The molecule has 0 spiro atoms. The Balaban J connectivity index is 2.35. The smallest absolute Gasteiger partial charge is 0.146 e. The van der Waals surface area contributed by atoms with Crippen LogP contribution in [0.15, 0.2) is 48.5 Å². The van der Waals surface area contributed by atoms with E-state index in [1.807, 2.05) is 55.5 Å². The third-order valence-electron chi connectivity index (χ3n) is 3.13. The largest absolute Gasteiger partial charge is 0.322 e. The van der Waals surface area contributed by atoms with Crippen molar-refractivity contribution in [3.05, 3.63) is 59.4 Å². The molecule has 0 bridgehead atoms. The molecule has 0 aliphatic carbocycles. The normalized spacial score (nSPS) is 12.6. The first-order valence-corrected chi connectivity index (χ1v) is 6.81. The van der Waals surface area contributed by atoms with Gasteiger partial charge in [-0.15, -0.1) is 0 Å². The highest BCUT2D eigenvalue weighted by Gasteiger charge is 2.12. The minimum Gasteiger partial charge on any atom is -0.322 e. The van der Waals surface area contributed by atoms with E-state index in [9.17, 15) is 0 Å². The maximum absolute atomic E-state index is 6.10. The quantitative estimate of drug-likeness (QED) is 0.774. The molecule has 0 aliphatic rings. The van der Waals surface area contributed by atoms with Crippen LogP contribution in [0.3, 0.4) is 0 Å². The monoisotopic (exact) mass is 283 g/mol. The Morgan fingerprint density at radius 1 is 1.05 bits per heavy atom. The van der Waals surface area contributed by atoms with Crippen LogP contribution in [0.2, 0.25) is 5.02 Å². The van der Waals surface area contributed by atoms with E-state index >= 15 is 0 Å². The highest BCUT2D eigenvalue weighted by atomic mass is 35.5. The molecule has 2 N–H and O–H groups in total. The van der Waals surface area contributed by atoms with Gasteiger partial charge in [0.25, 0.3) is 0 Å². The van der Waals surface area contributed by atoms with Gasteiger partial charge in [-0.05, 0) is 25.1 Å². The summed E-state index contributed by atoms with van der Waals surface area (Å²) in [4.78, 5) is 9.12. The summed E-state index contributed by atoms with van der Waals surface area (Å²) in [6.07, 6.45) is 0. The van der Waals surface area contributed by atoms with Gasteiger partial charge in [0.15, 0.2) is 0 Å². The second-order valence-corrected chi connectivity index (χ2v) is 5.18. The molecule has 0 saturated heterocycles. The fourth-order valence-electron chi connectivity index (χ4n) is 2.14. The lowest BCUT2D eigenvalue weighted by Crippen LogP contribution is -2.10. The van der Waals surface area contributed by atoms with E-state index in [1.54, 1.807) is 0 Å². The summed E-state index contributed by atoms with van der Waals surface area (Å²) in [7, 11) is 0. The summed E-state index contributed by atoms with van der Waals surface area (Å²) >= 11 is 6.10. The molecule has 20 heavy (non-hydrogen) atoms. The summed E-state index contributed by atoms with van der Waals surface area (Å²) in [5, 5.41) is 1.61. The van der Waals surface area contributed by atoms with Crippen molar-refractivity contribution in [2.45, 2.75) is 13.0 Å². The molecule has 0 fully saturated rings. The number of halogens is 1. The number of nitrogens with two attached hydrogens (primary N) is 1. The van der Waals surface area contributed by atoms with E-state index in [0.29, 0.717) is 10.8 Å². The highest BCUT2D eigenvalue weighted by molar-refractivity contribution is 6.31. The molecule has 0 radical (unpaired) electrons. The number of hydrogen-bond donors (Lipinski definition) is 1. The topological polar surface area (TPSA) is 51.8 Å². The number of aromatic nitrogens is 2. The summed E-state index contributed by atoms with van der Waals surface area (Å²) in [6.45, 7) is 1.88. The van der Waals surface area contributed by atoms with E-state index < -0.39 is 0 Å². The van der Waals surface area contributed by atoms with E-state index in [0.717, 1.165) is 22.2 Å². The van der Waals surface area contributed by atoms with Crippen LogP contribution in [-0.2, 0) is 0 Å². The third-order valence-corrected chi connectivity index (χ3v) is 3.36. The van der Waals surface area contributed by atoms with Crippen molar-refractivity contribution in [2.24, 2.45) is 5.73 Å².